The van der Waals surface area contributed by atoms with Crippen LogP contribution in [-0.2, 0) is 15.7 Å². The zero-order valence-electron chi connectivity index (χ0n) is 22.6. The molecule has 1 aliphatic rings. The molecule has 216 valence electrons. The lowest BCUT2D eigenvalue weighted by Gasteiger charge is -2.33. The number of halogens is 5. The van der Waals surface area contributed by atoms with Gasteiger partial charge in [0.2, 0.25) is 0 Å². The molecule has 1 aromatic carbocycles. The smallest absolute Gasteiger partial charge is 0.433 e. The summed E-state index contributed by atoms with van der Waals surface area (Å²) < 4.78 is 49.7. The topological polar surface area (TPSA) is 84.7 Å². The number of carbonyl (C=O) groups excluding carboxylic acids is 1. The molecule has 7 nitrogen and oxygen atoms in total. The molecule has 0 saturated heterocycles. The molecule has 1 saturated carbocycles. The summed E-state index contributed by atoms with van der Waals surface area (Å²) in [4.78, 5) is 26.4. The van der Waals surface area contributed by atoms with Gasteiger partial charge in [-0.05, 0) is 55.7 Å². The van der Waals surface area contributed by atoms with Gasteiger partial charge in [0.25, 0.3) is 5.91 Å². The Morgan fingerprint density at radius 1 is 1.15 bits per heavy atom. The Morgan fingerprint density at radius 2 is 1.72 bits per heavy atom. The van der Waals surface area contributed by atoms with E-state index < -0.39 is 52.8 Å². The maximum Gasteiger partial charge on any atom is 0.433 e. The molecule has 39 heavy (non-hydrogen) atoms. The van der Waals surface area contributed by atoms with Crippen LogP contribution in [0.3, 0.4) is 0 Å². The highest BCUT2D eigenvalue weighted by Gasteiger charge is 2.43. The minimum atomic E-state index is -4.86. The Morgan fingerprint density at radius 3 is 2.18 bits per heavy atom. The molecule has 0 radical (unpaired) electrons. The van der Waals surface area contributed by atoms with Crippen LogP contribution in [0.4, 0.5) is 13.2 Å². The first-order valence-corrected chi connectivity index (χ1v) is 13.4. The van der Waals surface area contributed by atoms with Gasteiger partial charge in [-0.15, -0.1) is 0 Å². The Kier molecular flexibility index (Phi) is 9.66. The molecule has 1 N–H and O–H groups in total. The largest absolute Gasteiger partial charge is 0.481 e. The molecule has 1 amide bonds. The van der Waals surface area contributed by atoms with Crippen molar-refractivity contribution in [2.75, 3.05) is 20.2 Å². The molecule has 1 heterocycles. The average molecular weight is 592 g/mol. The SMILES string of the molecule is CO[C@H](CN(CC(C)(C)C)C(=O)c1cnn([C@H]2CC[C@H](C(=O)O)CC2)c1C(F)(F)F)c1c(Cl)cc(C)cc1Cl. The van der Waals surface area contributed by atoms with Gasteiger partial charge in [-0.1, -0.05) is 44.0 Å². The Hall–Kier alpha value is -2.30. The van der Waals surface area contributed by atoms with E-state index >= 15 is 0 Å². The van der Waals surface area contributed by atoms with E-state index in [1.54, 1.807) is 12.1 Å². The van der Waals surface area contributed by atoms with E-state index in [9.17, 15) is 27.9 Å². The van der Waals surface area contributed by atoms with Crippen LogP contribution in [0.2, 0.25) is 10.0 Å². The van der Waals surface area contributed by atoms with E-state index in [-0.39, 0.29) is 38.8 Å². The molecule has 12 heteroatoms. The minimum Gasteiger partial charge on any atom is -0.481 e. The molecule has 1 aromatic heterocycles. The van der Waals surface area contributed by atoms with E-state index in [1.165, 1.54) is 12.0 Å². The van der Waals surface area contributed by atoms with Crippen molar-refractivity contribution in [3.8, 4) is 0 Å². The predicted molar refractivity (Wildman–Crippen MR) is 142 cm³/mol. The minimum absolute atomic E-state index is 0.0959. The zero-order valence-corrected chi connectivity index (χ0v) is 24.1. The van der Waals surface area contributed by atoms with Gasteiger partial charge in [-0.2, -0.15) is 18.3 Å². The van der Waals surface area contributed by atoms with Crippen molar-refractivity contribution in [1.29, 1.82) is 0 Å². The van der Waals surface area contributed by atoms with Crippen LogP contribution in [0.1, 0.15) is 85.8 Å². The zero-order chi connectivity index (χ0) is 29.3. The van der Waals surface area contributed by atoms with Crippen molar-refractivity contribution >= 4 is 35.1 Å². The standard InChI is InChI=1S/C27H34Cl2F3N3O4/c1-15-10-19(28)22(20(29)11-15)21(39-5)13-34(14-26(2,3)4)24(36)18-12-33-35(23(18)27(30,31)32)17-8-6-16(7-9-17)25(37)38/h10-12,16-17,21H,6-9,13-14H2,1-5H3,(H,37,38)/t16-,17-,21-/m1/s1. The summed E-state index contributed by atoms with van der Waals surface area (Å²) in [7, 11) is 1.42. The van der Waals surface area contributed by atoms with Gasteiger partial charge >= 0.3 is 12.1 Å². The van der Waals surface area contributed by atoms with Gasteiger partial charge in [-0.25, -0.2) is 0 Å². The van der Waals surface area contributed by atoms with Gasteiger partial charge in [0.1, 0.15) is 6.10 Å². The average Bonchev–Trinajstić information content (AvgIpc) is 3.27. The predicted octanol–water partition coefficient (Wildman–Crippen LogP) is 7.21. The van der Waals surface area contributed by atoms with Crippen LogP contribution in [0.5, 0.6) is 0 Å². The number of methoxy groups -OCH3 is 1. The number of benzene rings is 1. The molecule has 3 rings (SSSR count). The first-order valence-electron chi connectivity index (χ1n) is 12.7. The molecule has 1 atom stereocenters. The number of hydrogen-bond acceptors (Lipinski definition) is 4. The first kappa shape index (κ1) is 31.2. The fourth-order valence-corrected chi connectivity index (χ4v) is 5.95. The third-order valence-electron chi connectivity index (χ3n) is 6.85. The lowest BCUT2D eigenvalue weighted by atomic mass is 9.86. The number of ether oxygens (including phenoxy) is 1. The van der Waals surface area contributed by atoms with E-state index in [0.717, 1.165) is 16.4 Å². The second kappa shape index (κ2) is 12.1. The molecule has 1 aliphatic carbocycles. The summed E-state index contributed by atoms with van der Waals surface area (Å²) in [5.41, 5.74) is -0.891. The number of rotatable bonds is 8. The number of carboxylic acids is 1. The quantitative estimate of drug-likeness (QED) is 0.350. The highest BCUT2D eigenvalue weighted by atomic mass is 35.5. The van der Waals surface area contributed by atoms with Crippen molar-refractivity contribution in [3.05, 3.63) is 50.8 Å². The van der Waals surface area contributed by atoms with Crippen LogP contribution in [0.25, 0.3) is 0 Å². The van der Waals surface area contributed by atoms with E-state index in [2.05, 4.69) is 5.10 Å². The second-order valence-corrected chi connectivity index (χ2v) is 12.1. The Bertz CT molecular complexity index is 1180. The molecular weight excluding hydrogens is 558 g/mol. The van der Waals surface area contributed by atoms with Crippen LogP contribution >= 0.6 is 23.2 Å². The van der Waals surface area contributed by atoms with Crippen LogP contribution in [0.15, 0.2) is 18.3 Å². The maximum absolute atomic E-state index is 14.4. The summed E-state index contributed by atoms with van der Waals surface area (Å²) in [5, 5.41) is 13.9. The van der Waals surface area contributed by atoms with Gasteiger partial charge in [-0.3, -0.25) is 14.3 Å². The Labute approximate surface area is 236 Å². The molecular formula is C27H34Cl2F3N3O4. The number of hydrogen-bond donors (Lipinski definition) is 1. The van der Waals surface area contributed by atoms with Gasteiger partial charge < -0.3 is 14.7 Å². The number of amides is 1. The number of aliphatic carboxylic acids is 1. The van der Waals surface area contributed by atoms with Crippen molar-refractivity contribution < 1.29 is 32.6 Å². The second-order valence-electron chi connectivity index (χ2n) is 11.3. The van der Waals surface area contributed by atoms with Crippen molar-refractivity contribution in [2.24, 2.45) is 11.3 Å². The number of aryl methyl sites for hydroxylation is 1. The summed E-state index contributed by atoms with van der Waals surface area (Å²) in [6.45, 7) is 7.46. The lowest BCUT2D eigenvalue weighted by Crippen LogP contribution is -2.41. The fraction of sp³-hybridized carbons (Fsp3) is 0.593. The van der Waals surface area contributed by atoms with Crippen LogP contribution in [0, 0.1) is 18.3 Å². The van der Waals surface area contributed by atoms with Gasteiger partial charge in [0, 0.05) is 29.3 Å². The number of alkyl halides is 3. The third kappa shape index (κ3) is 7.46. The highest BCUT2D eigenvalue weighted by Crippen LogP contribution is 2.40. The Balaban J connectivity index is 2.00. The summed E-state index contributed by atoms with van der Waals surface area (Å²) >= 11 is 12.9. The number of aromatic nitrogens is 2. The summed E-state index contributed by atoms with van der Waals surface area (Å²) in [6.07, 6.45) is -3.78. The number of carboxylic acid groups (broad SMARTS) is 1. The molecule has 0 aliphatic heterocycles. The van der Waals surface area contributed by atoms with Crippen LogP contribution < -0.4 is 0 Å². The van der Waals surface area contributed by atoms with Gasteiger partial charge in [0.15, 0.2) is 5.69 Å². The molecule has 0 unspecified atom stereocenters. The molecule has 2 aromatic rings. The molecule has 0 bridgehead atoms. The maximum atomic E-state index is 14.4. The van der Waals surface area contributed by atoms with Crippen molar-refractivity contribution in [1.82, 2.24) is 14.7 Å². The number of nitrogens with zero attached hydrogens (tertiary/aromatic N) is 3. The monoisotopic (exact) mass is 591 g/mol. The normalized spacial score (nSPS) is 19.1. The first-order chi connectivity index (χ1) is 18.0. The lowest BCUT2D eigenvalue weighted by molar-refractivity contribution is -0.147. The fourth-order valence-electron chi connectivity index (χ4n) is 5.11. The summed E-state index contributed by atoms with van der Waals surface area (Å²) in [5.74, 6) is -2.40. The molecule has 1 fully saturated rings. The van der Waals surface area contributed by atoms with Crippen molar-refractivity contribution in [3.63, 3.8) is 0 Å². The summed E-state index contributed by atoms with van der Waals surface area (Å²) in [6, 6.07) is 2.75. The molecule has 0 spiro atoms. The van der Waals surface area contributed by atoms with E-state index in [0.29, 0.717) is 15.6 Å². The number of carbonyl (C=O) groups is 2. The van der Waals surface area contributed by atoms with E-state index in [4.69, 9.17) is 27.9 Å². The van der Waals surface area contributed by atoms with Gasteiger partial charge in [0.05, 0.1) is 30.3 Å². The van der Waals surface area contributed by atoms with Crippen molar-refractivity contribution in [2.45, 2.75) is 71.7 Å². The highest BCUT2D eigenvalue weighted by molar-refractivity contribution is 6.36. The third-order valence-corrected chi connectivity index (χ3v) is 7.48. The van der Waals surface area contributed by atoms with E-state index in [1.807, 2.05) is 27.7 Å². The van der Waals surface area contributed by atoms with Crippen LogP contribution in [-0.4, -0.2) is 51.9 Å².